The van der Waals surface area contributed by atoms with Gasteiger partial charge in [0.2, 0.25) is 0 Å². The smallest absolute Gasteiger partial charge is 0.0760 e. The van der Waals surface area contributed by atoms with Gasteiger partial charge in [0.25, 0.3) is 0 Å². The fourth-order valence-electron chi connectivity index (χ4n) is 4.24. The lowest BCUT2D eigenvalue weighted by atomic mass is 9.97. The van der Waals surface area contributed by atoms with Gasteiger partial charge in [-0.3, -0.25) is 14.3 Å². The summed E-state index contributed by atoms with van der Waals surface area (Å²) in [6, 6.07) is 0.242. The molecular formula is C19H29N5O2. The van der Waals surface area contributed by atoms with Crippen molar-refractivity contribution in [1.29, 1.82) is 0 Å². The Labute approximate surface area is 154 Å². The molecule has 0 saturated carbocycles. The normalized spacial score (nSPS) is 21.8. The number of hydrogen-bond donors (Lipinski definition) is 0. The first kappa shape index (κ1) is 17.7. The van der Waals surface area contributed by atoms with Crippen LogP contribution in [0.3, 0.4) is 0 Å². The molecular weight excluding hydrogens is 330 g/mol. The van der Waals surface area contributed by atoms with Gasteiger partial charge >= 0.3 is 0 Å². The van der Waals surface area contributed by atoms with Crippen LogP contribution in [-0.4, -0.2) is 57.9 Å². The maximum atomic E-state index is 5.60. The molecule has 0 unspecified atom stereocenters. The molecule has 0 N–H and O–H groups in total. The Morgan fingerprint density at radius 3 is 2.81 bits per heavy atom. The van der Waals surface area contributed by atoms with Gasteiger partial charge in [-0.1, -0.05) is 0 Å². The number of fused-ring (bicyclic) bond motifs is 1. The molecule has 7 heteroatoms. The van der Waals surface area contributed by atoms with E-state index in [4.69, 9.17) is 14.6 Å². The first-order valence-corrected chi connectivity index (χ1v) is 9.57. The molecule has 0 amide bonds. The van der Waals surface area contributed by atoms with Crippen molar-refractivity contribution in [3.63, 3.8) is 0 Å². The van der Waals surface area contributed by atoms with E-state index in [0.29, 0.717) is 12.5 Å². The average molecular weight is 359 g/mol. The molecule has 4 rings (SSSR count). The van der Waals surface area contributed by atoms with E-state index in [2.05, 4.69) is 27.1 Å². The summed E-state index contributed by atoms with van der Waals surface area (Å²) >= 11 is 0. The van der Waals surface area contributed by atoms with Crippen LogP contribution in [0.15, 0.2) is 18.6 Å². The fourth-order valence-corrected chi connectivity index (χ4v) is 4.24. The first-order chi connectivity index (χ1) is 12.7. The number of nitrogens with zero attached hydrogens (tertiary/aromatic N) is 5. The predicted octanol–water partition coefficient (Wildman–Crippen LogP) is 1.79. The molecule has 0 spiro atoms. The number of hydrogen-bond acceptors (Lipinski definition) is 5. The van der Waals surface area contributed by atoms with Gasteiger partial charge in [-0.15, -0.1) is 0 Å². The average Bonchev–Trinajstić information content (AvgIpc) is 3.24. The number of methoxy groups -OCH3 is 1. The number of aryl methyl sites for hydroxylation is 1. The second-order valence-corrected chi connectivity index (χ2v) is 7.51. The standard InChI is InChI=1S/C19H29N5O2/c1-22-11-16(9-20-22)12-23-6-3-17-10-21-24(19(17)18(23)14-25-2)13-15-4-7-26-8-5-15/h9-11,15,18H,3-8,12-14H2,1-2H3/t18-/m1/s1. The quantitative estimate of drug-likeness (QED) is 0.787. The van der Waals surface area contributed by atoms with Crippen molar-refractivity contribution in [3.05, 3.63) is 35.4 Å². The van der Waals surface area contributed by atoms with Gasteiger partial charge in [-0.05, 0) is 30.7 Å². The van der Waals surface area contributed by atoms with Crippen LogP contribution in [0.2, 0.25) is 0 Å². The molecule has 7 nitrogen and oxygen atoms in total. The van der Waals surface area contributed by atoms with Gasteiger partial charge in [0.05, 0.1) is 30.7 Å². The Kier molecular flexibility index (Phi) is 5.38. The highest BCUT2D eigenvalue weighted by Gasteiger charge is 2.32. The molecule has 1 fully saturated rings. The second kappa shape index (κ2) is 7.90. The Hall–Kier alpha value is -1.70. The van der Waals surface area contributed by atoms with E-state index in [-0.39, 0.29) is 6.04 Å². The third-order valence-corrected chi connectivity index (χ3v) is 5.63. The molecule has 1 saturated heterocycles. The van der Waals surface area contributed by atoms with E-state index in [1.165, 1.54) is 16.8 Å². The van der Waals surface area contributed by atoms with E-state index in [0.717, 1.165) is 52.1 Å². The minimum absolute atomic E-state index is 0.242. The third kappa shape index (κ3) is 3.70. The van der Waals surface area contributed by atoms with Crippen molar-refractivity contribution in [2.24, 2.45) is 13.0 Å². The van der Waals surface area contributed by atoms with Crippen LogP contribution in [0.5, 0.6) is 0 Å². The van der Waals surface area contributed by atoms with E-state index in [1.54, 1.807) is 7.11 Å². The van der Waals surface area contributed by atoms with Crippen molar-refractivity contribution < 1.29 is 9.47 Å². The van der Waals surface area contributed by atoms with Crippen LogP contribution in [-0.2, 0) is 36.0 Å². The molecule has 142 valence electrons. The molecule has 0 bridgehead atoms. The van der Waals surface area contributed by atoms with E-state index >= 15 is 0 Å². The van der Waals surface area contributed by atoms with Crippen LogP contribution in [0.4, 0.5) is 0 Å². The lowest BCUT2D eigenvalue weighted by Crippen LogP contribution is -2.38. The molecule has 2 aromatic rings. The summed E-state index contributed by atoms with van der Waals surface area (Å²) in [5, 5.41) is 9.06. The Morgan fingerprint density at radius 1 is 1.23 bits per heavy atom. The molecule has 2 aliphatic rings. The molecule has 0 aromatic carbocycles. The Bertz CT molecular complexity index is 719. The van der Waals surface area contributed by atoms with Crippen LogP contribution in [0.1, 0.15) is 35.7 Å². The minimum atomic E-state index is 0.242. The molecule has 2 aromatic heterocycles. The lowest BCUT2D eigenvalue weighted by molar-refractivity contribution is 0.0545. The molecule has 4 heterocycles. The zero-order chi connectivity index (χ0) is 17.9. The van der Waals surface area contributed by atoms with Gasteiger partial charge in [0.1, 0.15) is 0 Å². The predicted molar refractivity (Wildman–Crippen MR) is 97.7 cm³/mol. The van der Waals surface area contributed by atoms with Crippen molar-refractivity contribution in [2.45, 2.75) is 38.4 Å². The minimum Gasteiger partial charge on any atom is -0.383 e. The zero-order valence-electron chi connectivity index (χ0n) is 15.8. The molecule has 1 atom stereocenters. The Balaban J connectivity index is 1.55. The van der Waals surface area contributed by atoms with Crippen LogP contribution in [0, 0.1) is 5.92 Å². The van der Waals surface area contributed by atoms with Crippen molar-refractivity contribution in [1.82, 2.24) is 24.5 Å². The second-order valence-electron chi connectivity index (χ2n) is 7.51. The maximum Gasteiger partial charge on any atom is 0.0760 e. The first-order valence-electron chi connectivity index (χ1n) is 9.57. The van der Waals surface area contributed by atoms with Crippen LogP contribution >= 0.6 is 0 Å². The largest absolute Gasteiger partial charge is 0.383 e. The number of ether oxygens (including phenoxy) is 2. The van der Waals surface area contributed by atoms with Crippen molar-refractivity contribution >= 4 is 0 Å². The molecule has 2 aliphatic heterocycles. The Morgan fingerprint density at radius 2 is 2.08 bits per heavy atom. The van der Waals surface area contributed by atoms with E-state index < -0.39 is 0 Å². The number of aromatic nitrogens is 4. The highest BCUT2D eigenvalue weighted by atomic mass is 16.5. The fraction of sp³-hybridized carbons (Fsp3) is 0.684. The van der Waals surface area contributed by atoms with Crippen LogP contribution in [0.25, 0.3) is 0 Å². The highest BCUT2D eigenvalue weighted by Crippen LogP contribution is 2.32. The monoisotopic (exact) mass is 359 g/mol. The summed E-state index contributed by atoms with van der Waals surface area (Å²) < 4.78 is 15.2. The van der Waals surface area contributed by atoms with Crippen molar-refractivity contribution in [2.75, 3.05) is 33.5 Å². The summed E-state index contributed by atoms with van der Waals surface area (Å²) in [6.45, 7) is 5.35. The molecule has 0 radical (unpaired) electrons. The van der Waals surface area contributed by atoms with Gasteiger partial charge in [-0.25, -0.2) is 0 Å². The number of rotatable bonds is 6. The lowest BCUT2D eigenvalue weighted by Gasteiger charge is -2.36. The van der Waals surface area contributed by atoms with Gasteiger partial charge in [0, 0.05) is 58.8 Å². The third-order valence-electron chi connectivity index (χ3n) is 5.63. The molecule has 26 heavy (non-hydrogen) atoms. The van der Waals surface area contributed by atoms with Crippen molar-refractivity contribution in [3.8, 4) is 0 Å². The molecule has 0 aliphatic carbocycles. The van der Waals surface area contributed by atoms with E-state index in [1.807, 2.05) is 17.9 Å². The highest BCUT2D eigenvalue weighted by molar-refractivity contribution is 5.26. The van der Waals surface area contributed by atoms with Gasteiger partial charge in [0.15, 0.2) is 0 Å². The SMILES string of the molecule is COC[C@@H]1c2c(cnn2CC2CCOCC2)CCN1Cc1cnn(C)c1. The summed E-state index contributed by atoms with van der Waals surface area (Å²) in [5.74, 6) is 0.657. The summed E-state index contributed by atoms with van der Waals surface area (Å²) in [6.07, 6.45) is 9.42. The van der Waals surface area contributed by atoms with Gasteiger partial charge < -0.3 is 9.47 Å². The summed E-state index contributed by atoms with van der Waals surface area (Å²) in [7, 11) is 3.75. The summed E-state index contributed by atoms with van der Waals surface area (Å²) in [5.41, 5.74) is 3.96. The van der Waals surface area contributed by atoms with Gasteiger partial charge in [-0.2, -0.15) is 10.2 Å². The zero-order valence-corrected chi connectivity index (χ0v) is 15.8. The van der Waals surface area contributed by atoms with E-state index in [9.17, 15) is 0 Å². The van der Waals surface area contributed by atoms with Crippen LogP contribution < -0.4 is 0 Å². The topological polar surface area (TPSA) is 57.3 Å². The maximum absolute atomic E-state index is 5.60. The summed E-state index contributed by atoms with van der Waals surface area (Å²) in [4.78, 5) is 2.50.